The summed E-state index contributed by atoms with van der Waals surface area (Å²) in [4.78, 5) is 2.09. The third kappa shape index (κ3) is 2.49. The second-order valence-corrected chi connectivity index (χ2v) is 5.36. The van der Waals surface area contributed by atoms with Gasteiger partial charge in [0.05, 0.1) is 12.7 Å². The summed E-state index contributed by atoms with van der Waals surface area (Å²) in [5.41, 5.74) is 0.226. The number of hydrogen-bond donors (Lipinski definition) is 1. The van der Waals surface area contributed by atoms with Crippen LogP contribution in [0.5, 0.6) is 5.75 Å². The molecule has 1 fully saturated rings. The fourth-order valence-corrected chi connectivity index (χ4v) is 2.32. The Bertz CT molecular complexity index is 428. The summed E-state index contributed by atoms with van der Waals surface area (Å²) in [6.45, 7) is 5.89. The fraction of sp³-hybridized carbons (Fsp3) is 0.571. The predicted octanol–water partition coefficient (Wildman–Crippen LogP) is 2.04. The first-order chi connectivity index (χ1) is 8.44. The Balaban J connectivity index is 2.02. The highest BCUT2D eigenvalue weighted by atomic mass is 19.1. The van der Waals surface area contributed by atoms with E-state index in [1.165, 1.54) is 12.1 Å². The topological polar surface area (TPSA) is 32.7 Å². The number of halogens is 1. The van der Waals surface area contributed by atoms with E-state index in [9.17, 15) is 9.50 Å². The van der Waals surface area contributed by atoms with Crippen molar-refractivity contribution in [3.05, 3.63) is 29.6 Å². The zero-order valence-electron chi connectivity index (χ0n) is 11.1. The maximum Gasteiger partial charge on any atom is 0.123 e. The predicted molar refractivity (Wildman–Crippen MR) is 68.0 cm³/mol. The monoisotopic (exact) mass is 253 g/mol. The van der Waals surface area contributed by atoms with Crippen LogP contribution in [0.15, 0.2) is 18.2 Å². The van der Waals surface area contributed by atoms with Crippen LogP contribution in [0.1, 0.15) is 19.4 Å². The van der Waals surface area contributed by atoms with Gasteiger partial charge in [-0.25, -0.2) is 4.39 Å². The quantitative estimate of drug-likeness (QED) is 0.891. The summed E-state index contributed by atoms with van der Waals surface area (Å²) in [6, 6.07) is 4.52. The Morgan fingerprint density at radius 1 is 1.44 bits per heavy atom. The van der Waals surface area contributed by atoms with Crippen LogP contribution < -0.4 is 4.74 Å². The average Bonchev–Trinajstić information content (AvgIpc) is 2.27. The summed E-state index contributed by atoms with van der Waals surface area (Å²) in [5, 5.41) is 10.2. The molecule has 0 saturated carbocycles. The number of methoxy groups -OCH3 is 1. The van der Waals surface area contributed by atoms with E-state index in [1.807, 2.05) is 13.8 Å². The van der Waals surface area contributed by atoms with Crippen molar-refractivity contribution in [2.75, 3.05) is 20.2 Å². The number of nitrogens with zero attached hydrogens (tertiary/aromatic N) is 1. The van der Waals surface area contributed by atoms with Gasteiger partial charge in [-0.1, -0.05) is 13.8 Å². The molecule has 0 aliphatic carbocycles. The van der Waals surface area contributed by atoms with E-state index >= 15 is 0 Å². The van der Waals surface area contributed by atoms with Crippen molar-refractivity contribution < 1.29 is 14.2 Å². The number of aliphatic hydroxyl groups is 1. The standard InChI is InChI=1S/C14H20FNO2/c1-10(2)14(17)8-16(9-14)7-11-6-12(15)4-5-13(11)18-3/h4-6,10,17H,7-9H2,1-3H3. The van der Waals surface area contributed by atoms with E-state index in [2.05, 4.69) is 4.90 Å². The number of likely N-dealkylation sites (tertiary alicyclic amines) is 1. The minimum absolute atomic E-state index is 0.239. The van der Waals surface area contributed by atoms with Gasteiger partial charge < -0.3 is 9.84 Å². The molecule has 0 aromatic heterocycles. The van der Waals surface area contributed by atoms with Gasteiger partial charge in [-0.2, -0.15) is 0 Å². The lowest BCUT2D eigenvalue weighted by atomic mass is 9.83. The summed E-state index contributed by atoms with van der Waals surface area (Å²) >= 11 is 0. The van der Waals surface area contributed by atoms with E-state index in [-0.39, 0.29) is 11.7 Å². The number of ether oxygens (including phenoxy) is 1. The van der Waals surface area contributed by atoms with Crippen LogP contribution in [0.2, 0.25) is 0 Å². The van der Waals surface area contributed by atoms with Crippen LogP contribution >= 0.6 is 0 Å². The van der Waals surface area contributed by atoms with Gasteiger partial charge in [0.2, 0.25) is 0 Å². The molecule has 1 aromatic carbocycles. The van der Waals surface area contributed by atoms with Crippen molar-refractivity contribution in [3.63, 3.8) is 0 Å². The summed E-state index contributed by atoms with van der Waals surface area (Å²) < 4.78 is 18.4. The molecule has 0 spiro atoms. The number of benzene rings is 1. The van der Waals surface area contributed by atoms with E-state index in [1.54, 1.807) is 13.2 Å². The maximum atomic E-state index is 13.2. The fourth-order valence-electron chi connectivity index (χ4n) is 2.32. The smallest absolute Gasteiger partial charge is 0.123 e. The van der Waals surface area contributed by atoms with Crippen molar-refractivity contribution in [1.29, 1.82) is 0 Å². The summed E-state index contributed by atoms with van der Waals surface area (Å²) in [5.74, 6) is 0.671. The molecule has 1 N–H and O–H groups in total. The number of β-amino-alcohol motifs (C(OH)–C–C–N with tert-alkyl or cyclic N) is 1. The molecule has 1 saturated heterocycles. The zero-order chi connectivity index (χ0) is 13.3. The molecule has 4 heteroatoms. The Morgan fingerprint density at radius 2 is 2.11 bits per heavy atom. The molecule has 1 aromatic rings. The average molecular weight is 253 g/mol. The molecule has 0 bridgehead atoms. The van der Waals surface area contributed by atoms with Gasteiger partial charge in [-0.05, 0) is 24.1 Å². The van der Waals surface area contributed by atoms with Crippen LogP contribution in [-0.2, 0) is 6.54 Å². The first-order valence-corrected chi connectivity index (χ1v) is 6.22. The second kappa shape index (κ2) is 4.86. The lowest BCUT2D eigenvalue weighted by Gasteiger charge is -2.49. The lowest BCUT2D eigenvalue weighted by molar-refractivity contribution is -0.131. The number of rotatable bonds is 4. The van der Waals surface area contributed by atoms with Crippen LogP contribution in [0.25, 0.3) is 0 Å². The highest BCUT2D eigenvalue weighted by molar-refractivity contribution is 5.34. The van der Waals surface area contributed by atoms with Crippen molar-refractivity contribution in [1.82, 2.24) is 4.90 Å². The Morgan fingerprint density at radius 3 is 2.67 bits per heavy atom. The summed E-state index contributed by atoms with van der Waals surface area (Å²) in [6.07, 6.45) is 0. The van der Waals surface area contributed by atoms with Crippen LogP contribution in [-0.4, -0.2) is 35.8 Å². The van der Waals surface area contributed by atoms with Gasteiger partial charge in [0.25, 0.3) is 0 Å². The van der Waals surface area contributed by atoms with Gasteiger partial charge in [0, 0.05) is 25.2 Å². The molecule has 3 nitrogen and oxygen atoms in total. The highest BCUT2D eigenvalue weighted by Crippen LogP contribution is 2.31. The molecule has 0 amide bonds. The molecule has 100 valence electrons. The zero-order valence-corrected chi connectivity index (χ0v) is 11.1. The lowest BCUT2D eigenvalue weighted by Crippen LogP contribution is -2.63. The first kappa shape index (κ1) is 13.3. The van der Waals surface area contributed by atoms with E-state index < -0.39 is 5.60 Å². The van der Waals surface area contributed by atoms with Gasteiger partial charge >= 0.3 is 0 Å². The van der Waals surface area contributed by atoms with Crippen LogP contribution in [0.3, 0.4) is 0 Å². The number of hydrogen-bond acceptors (Lipinski definition) is 3. The molecule has 0 atom stereocenters. The first-order valence-electron chi connectivity index (χ1n) is 6.22. The molecule has 18 heavy (non-hydrogen) atoms. The molecule has 0 unspecified atom stereocenters. The Kier molecular flexibility index (Phi) is 3.59. The second-order valence-electron chi connectivity index (χ2n) is 5.36. The summed E-state index contributed by atoms with van der Waals surface area (Å²) in [7, 11) is 1.58. The van der Waals surface area contributed by atoms with Crippen molar-refractivity contribution in [3.8, 4) is 5.75 Å². The molecule has 2 rings (SSSR count). The van der Waals surface area contributed by atoms with E-state index in [0.717, 1.165) is 5.56 Å². The molecular formula is C14H20FNO2. The van der Waals surface area contributed by atoms with Gasteiger partial charge in [0.1, 0.15) is 11.6 Å². The van der Waals surface area contributed by atoms with Crippen LogP contribution in [0.4, 0.5) is 4.39 Å². The Hall–Kier alpha value is -1.13. The SMILES string of the molecule is COc1ccc(F)cc1CN1CC(O)(C(C)C)C1. The largest absolute Gasteiger partial charge is 0.496 e. The van der Waals surface area contributed by atoms with Gasteiger partial charge in [-0.3, -0.25) is 4.90 Å². The molecule has 0 radical (unpaired) electrons. The minimum atomic E-state index is -0.597. The van der Waals surface area contributed by atoms with E-state index in [4.69, 9.17) is 4.74 Å². The maximum absolute atomic E-state index is 13.2. The molecule has 1 heterocycles. The highest BCUT2D eigenvalue weighted by Gasteiger charge is 2.43. The van der Waals surface area contributed by atoms with Crippen molar-refractivity contribution in [2.24, 2.45) is 5.92 Å². The molecule has 1 aliphatic rings. The normalized spacial score (nSPS) is 18.8. The van der Waals surface area contributed by atoms with Gasteiger partial charge in [-0.15, -0.1) is 0 Å². The van der Waals surface area contributed by atoms with Gasteiger partial charge in [0.15, 0.2) is 0 Å². The third-order valence-electron chi connectivity index (χ3n) is 3.71. The van der Waals surface area contributed by atoms with Crippen molar-refractivity contribution in [2.45, 2.75) is 26.0 Å². The van der Waals surface area contributed by atoms with Crippen LogP contribution in [0, 0.1) is 11.7 Å². The third-order valence-corrected chi connectivity index (χ3v) is 3.71. The molecular weight excluding hydrogens is 233 g/mol. The Labute approximate surface area is 107 Å². The van der Waals surface area contributed by atoms with Crippen molar-refractivity contribution >= 4 is 0 Å². The van der Waals surface area contributed by atoms with E-state index in [0.29, 0.717) is 25.4 Å². The minimum Gasteiger partial charge on any atom is -0.496 e. The molecule has 1 aliphatic heterocycles.